The van der Waals surface area contributed by atoms with E-state index in [0.29, 0.717) is 18.7 Å². The van der Waals surface area contributed by atoms with Gasteiger partial charge in [0.25, 0.3) is 0 Å². The Kier molecular flexibility index (Phi) is 3.82. The third-order valence-corrected chi connectivity index (χ3v) is 3.06. The van der Waals surface area contributed by atoms with Crippen molar-refractivity contribution in [3.05, 3.63) is 29.3 Å². The van der Waals surface area contributed by atoms with Crippen LogP contribution in [0.4, 0.5) is 14.5 Å². The number of hydrogen-bond acceptors (Lipinski definition) is 3. The molecule has 1 aliphatic heterocycles. The maximum absolute atomic E-state index is 13.9. The third-order valence-electron chi connectivity index (χ3n) is 3.06. The molecule has 2 atom stereocenters. The lowest BCUT2D eigenvalue weighted by Crippen LogP contribution is -2.46. The fourth-order valence-electron chi connectivity index (χ4n) is 2.41. The topological polar surface area (TPSA) is 32.7 Å². The molecule has 0 saturated carbocycles. The van der Waals surface area contributed by atoms with E-state index in [1.807, 2.05) is 13.8 Å². The number of rotatable bonds is 2. The van der Waals surface area contributed by atoms with Gasteiger partial charge in [0.1, 0.15) is 0 Å². The maximum Gasteiger partial charge on any atom is 0.182 e. The molecule has 0 spiro atoms. The van der Waals surface area contributed by atoms with E-state index in [2.05, 4.69) is 0 Å². The molecule has 18 heavy (non-hydrogen) atoms. The molecule has 1 heterocycles. The predicted molar refractivity (Wildman–Crippen MR) is 64.5 cm³/mol. The summed E-state index contributed by atoms with van der Waals surface area (Å²) in [5.41, 5.74) is 0.551. The van der Waals surface area contributed by atoms with Crippen molar-refractivity contribution in [3.63, 3.8) is 0 Å². The van der Waals surface area contributed by atoms with Gasteiger partial charge in [-0.15, -0.1) is 0 Å². The highest BCUT2D eigenvalue weighted by Crippen LogP contribution is 2.29. The van der Waals surface area contributed by atoms with Crippen LogP contribution < -0.4 is 4.90 Å². The van der Waals surface area contributed by atoms with Crippen molar-refractivity contribution in [1.29, 1.82) is 0 Å². The lowest BCUT2D eigenvalue weighted by atomic mass is 10.1. The average molecular weight is 257 g/mol. The summed E-state index contributed by atoms with van der Waals surface area (Å²) in [6.45, 7) is 4.43. The van der Waals surface area contributed by atoms with Gasteiger partial charge in [-0.3, -0.25) is 0 Å². The molecule has 0 aromatic heterocycles. The first-order valence-corrected chi connectivity index (χ1v) is 6.01. The molecule has 1 aliphatic rings. The Balaban J connectivity index is 2.39. The van der Waals surface area contributed by atoms with Gasteiger partial charge < -0.3 is 14.7 Å². The zero-order chi connectivity index (χ0) is 13.3. The largest absolute Gasteiger partial charge is 0.392 e. The summed E-state index contributed by atoms with van der Waals surface area (Å²) in [6.07, 6.45) is -0.106. The van der Waals surface area contributed by atoms with Crippen molar-refractivity contribution in [2.45, 2.75) is 32.7 Å². The molecule has 1 N–H and O–H groups in total. The highest BCUT2D eigenvalue weighted by molar-refractivity contribution is 5.55. The summed E-state index contributed by atoms with van der Waals surface area (Å²) < 4.78 is 32.8. The Morgan fingerprint density at radius 1 is 1.28 bits per heavy atom. The summed E-state index contributed by atoms with van der Waals surface area (Å²) in [5, 5.41) is 9.25. The SMILES string of the molecule is C[C@@H]1CN(c2c(CO)ccc(F)c2F)C[C@@H](C)O1. The minimum atomic E-state index is -0.900. The first-order valence-electron chi connectivity index (χ1n) is 6.01. The van der Waals surface area contributed by atoms with Crippen LogP contribution in [0.15, 0.2) is 12.1 Å². The molecule has 2 rings (SSSR count). The second-order valence-corrected chi connectivity index (χ2v) is 4.69. The van der Waals surface area contributed by atoms with Gasteiger partial charge >= 0.3 is 0 Å². The van der Waals surface area contributed by atoms with E-state index >= 15 is 0 Å². The van der Waals surface area contributed by atoms with Gasteiger partial charge in [0.2, 0.25) is 0 Å². The molecule has 0 unspecified atom stereocenters. The fourth-order valence-corrected chi connectivity index (χ4v) is 2.41. The lowest BCUT2D eigenvalue weighted by molar-refractivity contribution is -0.00554. The van der Waals surface area contributed by atoms with Crippen molar-refractivity contribution in [1.82, 2.24) is 0 Å². The molecule has 0 bridgehead atoms. The second kappa shape index (κ2) is 5.20. The second-order valence-electron chi connectivity index (χ2n) is 4.69. The van der Waals surface area contributed by atoms with E-state index in [0.717, 1.165) is 6.07 Å². The quantitative estimate of drug-likeness (QED) is 0.880. The van der Waals surface area contributed by atoms with Crippen LogP contribution in [0.5, 0.6) is 0 Å². The van der Waals surface area contributed by atoms with E-state index in [9.17, 15) is 13.9 Å². The van der Waals surface area contributed by atoms with Gasteiger partial charge in [0.15, 0.2) is 11.6 Å². The van der Waals surface area contributed by atoms with Crippen molar-refractivity contribution in [3.8, 4) is 0 Å². The minimum Gasteiger partial charge on any atom is -0.392 e. The zero-order valence-electron chi connectivity index (χ0n) is 10.5. The van der Waals surface area contributed by atoms with Crippen LogP contribution in [-0.2, 0) is 11.3 Å². The summed E-state index contributed by atoms with van der Waals surface area (Å²) in [7, 11) is 0. The molecule has 0 radical (unpaired) electrons. The molecule has 5 heteroatoms. The summed E-state index contributed by atoms with van der Waals surface area (Å²) in [6, 6.07) is 2.45. The van der Waals surface area contributed by atoms with Crippen LogP contribution in [0, 0.1) is 11.6 Å². The van der Waals surface area contributed by atoms with Gasteiger partial charge in [-0.05, 0) is 19.9 Å². The van der Waals surface area contributed by atoms with Crippen LogP contribution >= 0.6 is 0 Å². The molecule has 100 valence electrons. The molecule has 3 nitrogen and oxygen atoms in total. The third kappa shape index (κ3) is 2.47. The Morgan fingerprint density at radius 3 is 2.44 bits per heavy atom. The van der Waals surface area contributed by atoms with Crippen LogP contribution in [0.2, 0.25) is 0 Å². The van der Waals surface area contributed by atoms with Gasteiger partial charge in [0, 0.05) is 18.7 Å². The number of ether oxygens (including phenoxy) is 1. The average Bonchev–Trinajstić information content (AvgIpc) is 2.31. The minimum absolute atomic E-state index is 0.0528. The molecule has 0 amide bonds. The Labute approximate surface area is 105 Å². The summed E-state index contributed by atoms with van der Waals surface area (Å²) in [4.78, 5) is 1.74. The highest BCUT2D eigenvalue weighted by atomic mass is 19.2. The maximum atomic E-state index is 13.9. The molecule has 1 saturated heterocycles. The van der Waals surface area contributed by atoms with Crippen molar-refractivity contribution >= 4 is 5.69 Å². The van der Waals surface area contributed by atoms with Crippen LogP contribution in [0.3, 0.4) is 0 Å². The highest BCUT2D eigenvalue weighted by Gasteiger charge is 2.27. The molecular formula is C13H17F2NO2. The van der Waals surface area contributed by atoms with E-state index in [4.69, 9.17) is 4.74 Å². The smallest absolute Gasteiger partial charge is 0.182 e. The summed E-state index contributed by atoms with van der Waals surface area (Å²) >= 11 is 0. The number of aliphatic hydroxyl groups excluding tert-OH is 1. The van der Waals surface area contributed by atoms with Crippen LogP contribution in [0.1, 0.15) is 19.4 Å². The number of benzene rings is 1. The van der Waals surface area contributed by atoms with E-state index < -0.39 is 11.6 Å². The van der Waals surface area contributed by atoms with Crippen LogP contribution in [0.25, 0.3) is 0 Å². The van der Waals surface area contributed by atoms with Gasteiger partial charge in [-0.1, -0.05) is 6.07 Å². The monoisotopic (exact) mass is 257 g/mol. The Hall–Kier alpha value is -1.20. The number of hydrogen-bond donors (Lipinski definition) is 1. The van der Waals surface area contributed by atoms with E-state index in [1.165, 1.54) is 6.07 Å². The van der Waals surface area contributed by atoms with Crippen LogP contribution in [-0.4, -0.2) is 30.4 Å². The zero-order valence-corrected chi connectivity index (χ0v) is 10.5. The first kappa shape index (κ1) is 13.2. The number of halogens is 2. The Morgan fingerprint density at radius 2 is 1.89 bits per heavy atom. The van der Waals surface area contributed by atoms with Gasteiger partial charge in [0.05, 0.1) is 24.5 Å². The summed E-state index contributed by atoms with van der Waals surface area (Å²) in [5.74, 6) is -1.79. The molecular weight excluding hydrogens is 240 g/mol. The fraction of sp³-hybridized carbons (Fsp3) is 0.538. The molecule has 1 aromatic carbocycles. The predicted octanol–water partition coefficient (Wildman–Crippen LogP) is 2.07. The lowest BCUT2D eigenvalue weighted by Gasteiger charge is -2.37. The number of anilines is 1. The number of aliphatic hydroxyl groups is 1. The normalized spacial score (nSPS) is 24.4. The molecule has 0 aliphatic carbocycles. The van der Waals surface area contributed by atoms with Crippen molar-refractivity contribution in [2.24, 2.45) is 0 Å². The van der Waals surface area contributed by atoms with E-state index in [1.54, 1.807) is 4.90 Å². The van der Waals surface area contributed by atoms with Crippen molar-refractivity contribution < 1.29 is 18.6 Å². The standard InChI is InChI=1S/C13H17F2NO2/c1-8-5-16(6-9(2)18-8)13-10(7-17)3-4-11(14)12(13)15/h3-4,8-9,17H,5-7H2,1-2H3/t8-,9-/m1/s1. The molecule has 1 fully saturated rings. The van der Waals surface area contributed by atoms with E-state index in [-0.39, 0.29) is 24.5 Å². The van der Waals surface area contributed by atoms with Crippen molar-refractivity contribution in [2.75, 3.05) is 18.0 Å². The van der Waals surface area contributed by atoms with Gasteiger partial charge in [-0.2, -0.15) is 0 Å². The number of nitrogens with zero attached hydrogens (tertiary/aromatic N) is 1. The van der Waals surface area contributed by atoms with Gasteiger partial charge in [-0.25, -0.2) is 8.78 Å². The number of morpholine rings is 1. The Bertz CT molecular complexity index is 429. The molecule has 1 aromatic rings. The first-order chi connectivity index (χ1) is 8.52.